The predicted octanol–water partition coefficient (Wildman–Crippen LogP) is 3.20. The number of piperidine rings is 1. The minimum Gasteiger partial charge on any atom is -0.375 e. The Morgan fingerprint density at radius 2 is 2.00 bits per heavy atom. The van der Waals surface area contributed by atoms with Gasteiger partial charge in [-0.1, -0.05) is 30.3 Å². The third-order valence-corrected chi connectivity index (χ3v) is 5.67. The van der Waals surface area contributed by atoms with Crippen molar-refractivity contribution in [3.63, 3.8) is 0 Å². The molecule has 2 aliphatic heterocycles. The number of anilines is 2. The van der Waals surface area contributed by atoms with Gasteiger partial charge in [0, 0.05) is 43.5 Å². The van der Waals surface area contributed by atoms with Crippen molar-refractivity contribution < 1.29 is 4.74 Å². The molecule has 2 saturated heterocycles. The fourth-order valence-corrected chi connectivity index (χ4v) is 4.32. The summed E-state index contributed by atoms with van der Waals surface area (Å²) in [6.07, 6.45) is 4.80. The molecule has 2 aromatic rings. The molecule has 144 valence electrons. The molecule has 2 aliphatic rings. The number of nitrogens with one attached hydrogen (secondary N) is 1. The van der Waals surface area contributed by atoms with Crippen LogP contribution >= 0.6 is 0 Å². The van der Waals surface area contributed by atoms with Crippen molar-refractivity contribution in [2.24, 2.45) is 0 Å². The molecule has 1 aromatic heterocycles. The summed E-state index contributed by atoms with van der Waals surface area (Å²) in [5.74, 6) is 0.956. The number of ether oxygens (including phenoxy) is 1. The number of pyridine rings is 1. The van der Waals surface area contributed by atoms with Gasteiger partial charge in [-0.3, -0.25) is 4.79 Å². The van der Waals surface area contributed by atoms with E-state index >= 15 is 0 Å². The minimum atomic E-state index is -0.0225. The van der Waals surface area contributed by atoms with E-state index in [4.69, 9.17) is 4.74 Å². The van der Waals surface area contributed by atoms with Gasteiger partial charge < -0.3 is 19.5 Å². The number of hydrogen-bond donors (Lipinski definition) is 1. The lowest BCUT2D eigenvalue weighted by Gasteiger charge is -2.38. The Morgan fingerprint density at radius 3 is 2.81 bits per heavy atom. The predicted molar refractivity (Wildman–Crippen MR) is 110 cm³/mol. The van der Waals surface area contributed by atoms with E-state index < -0.39 is 0 Å². The van der Waals surface area contributed by atoms with Gasteiger partial charge in [-0.2, -0.15) is 0 Å². The van der Waals surface area contributed by atoms with Crippen LogP contribution in [0.5, 0.6) is 0 Å². The summed E-state index contributed by atoms with van der Waals surface area (Å²) in [7, 11) is 0. The average Bonchev–Trinajstić information content (AvgIpc) is 2.69. The average molecular weight is 367 g/mol. The Morgan fingerprint density at radius 1 is 1.15 bits per heavy atom. The summed E-state index contributed by atoms with van der Waals surface area (Å²) < 4.78 is 5.65. The second kappa shape index (κ2) is 8.17. The molecule has 0 spiro atoms. The standard InChI is InChI=1S/C22H29N3O2/c1-17-16-24(11-12-27-17)20-14-21(23-22(26)15-20)25-10-6-5-9-19(25)13-18-7-3-2-4-8-18/h2-4,7-8,14-15,17,19H,5-6,9-13,16H2,1H3,(H,23,26)/t17-,19-/m1/s1. The maximum Gasteiger partial charge on any atom is 0.251 e. The number of H-pyrrole nitrogens is 1. The van der Waals surface area contributed by atoms with Crippen LogP contribution in [0.4, 0.5) is 11.5 Å². The third-order valence-electron chi connectivity index (χ3n) is 5.67. The second-order valence-electron chi connectivity index (χ2n) is 7.75. The van der Waals surface area contributed by atoms with Gasteiger partial charge in [-0.15, -0.1) is 0 Å². The van der Waals surface area contributed by atoms with Crippen LogP contribution in [0.15, 0.2) is 47.3 Å². The number of hydrogen-bond acceptors (Lipinski definition) is 4. The van der Waals surface area contributed by atoms with Crippen LogP contribution in [-0.2, 0) is 11.2 Å². The van der Waals surface area contributed by atoms with Gasteiger partial charge in [0.25, 0.3) is 5.56 Å². The van der Waals surface area contributed by atoms with Crippen molar-refractivity contribution in [2.45, 2.75) is 44.8 Å². The highest BCUT2D eigenvalue weighted by Gasteiger charge is 2.25. The van der Waals surface area contributed by atoms with Crippen molar-refractivity contribution in [2.75, 3.05) is 36.0 Å². The highest BCUT2D eigenvalue weighted by molar-refractivity contribution is 5.56. The second-order valence-corrected chi connectivity index (χ2v) is 7.75. The molecule has 0 saturated carbocycles. The first-order valence-corrected chi connectivity index (χ1v) is 10.1. The number of aromatic nitrogens is 1. The largest absolute Gasteiger partial charge is 0.375 e. The monoisotopic (exact) mass is 367 g/mol. The summed E-state index contributed by atoms with van der Waals surface area (Å²) in [5, 5.41) is 0. The van der Waals surface area contributed by atoms with Crippen molar-refractivity contribution in [1.82, 2.24) is 4.98 Å². The van der Waals surface area contributed by atoms with Gasteiger partial charge in [-0.05, 0) is 38.2 Å². The van der Waals surface area contributed by atoms with Crippen LogP contribution in [0.2, 0.25) is 0 Å². The highest BCUT2D eigenvalue weighted by Crippen LogP contribution is 2.28. The molecule has 2 fully saturated rings. The number of nitrogens with zero attached hydrogens (tertiary/aromatic N) is 2. The zero-order valence-corrected chi connectivity index (χ0v) is 16.1. The first-order valence-electron chi connectivity index (χ1n) is 10.1. The Hall–Kier alpha value is -2.27. The zero-order chi connectivity index (χ0) is 18.6. The summed E-state index contributed by atoms with van der Waals surface area (Å²) in [6, 6.07) is 15.0. The molecule has 3 heterocycles. The summed E-state index contributed by atoms with van der Waals surface area (Å²) in [4.78, 5) is 20.2. The van der Waals surface area contributed by atoms with Crippen LogP contribution in [0.3, 0.4) is 0 Å². The van der Waals surface area contributed by atoms with Gasteiger partial charge in [0.1, 0.15) is 5.82 Å². The smallest absolute Gasteiger partial charge is 0.251 e. The Bertz CT molecular complexity index is 805. The van der Waals surface area contributed by atoms with E-state index in [1.807, 2.05) is 0 Å². The molecule has 1 N–H and O–H groups in total. The molecule has 0 radical (unpaired) electrons. The number of morpholine rings is 1. The quantitative estimate of drug-likeness (QED) is 0.902. The molecule has 4 rings (SSSR count). The van der Waals surface area contributed by atoms with E-state index in [-0.39, 0.29) is 11.7 Å². The molecule has 2 atom stereocenters. The first-order chi connectivity index (χ1) is 13.2. The van der Waals surface area contributed by atoms with Crippen LogP contribution in [-0.4, -0.2) is 43.4 Å². The number of aromatic amines is 1. The molecule has 1 aromatic carbocycles. The fraction of sp³-hybridized carbons (Fsp3) is 0.500. The molecule has 0 aliphatic carbocycles. The van der Waals surface area contributed by atoms with Gasteiger partial charge in [0.05, 0.1) is 12.7 Å². The lowest BCUT2D eigenvalue weighted by molar-refractivity contribution is 0.0532. The van der Waals surface area contributed by atoms with Crippen LogP contribution < -0.4 is 15.4 Å². The van der Waals surface area contributed by atoms with Crippen molar-refractivity contribution in [3.05, 3.63) is 58.4 Å². The van der Waals surface area contributed by atoms with E-state index in [1.165, 1.54) is 18.4 Å². The summed E-state index contributed by atoms with van der Waals surface area (Å²) >= 11 is 0. The Labute approximate surface area is 161 Å². The minimum absolute atomic E-state index is 0.0225. The van der Waals surface area contributed by atoms with Crippen LogP contribution in [0.1, 0.15) is 31.7 Å². The van der Waals surface area contributed by atoms with Crippen molar-refractivity contribution in [1.29, 1.82) is 0 Å². The Kier molecular flexibility index (Phi) is 5.48. The molecular formula is C22H29N3O2. The molecule has 0 amide bonds. The van der Waals surface area contributed by atoms with Crippen LogP contribution in [0.25, 0.3) is 0 Å². The van der Waals surface area contributed by atoms with Gasteiger partial charge in [0.15, 0.2) is 0 Å². The van der Waals surface area contributed by atoms with Crippen molar-refractivity contribution in [3.8, 4) is 0 Å². The zero-order valence-electron chi connectivity index (χ0n) is 16.1. The molecule has 5 nitrogen and oxygen atoms in total. The SMILES string of the molecule is C[C@@H]1CN(c2cc(N3CCCC[C@@H]3Cc3ccccc3)[nH]c(=O)c2)CCO1. The lowest BCUT2D eigenvalue weighted by Crippen LogP contribution is -2.43. The van der Waals surface area contributed by atoms with Gasteiger partial charge in [0.2, 0.25) is 0 Å². The lowest BCUT2D eigenvalue weighted by atomic mass is 9.95. The topological polar surface area (TPSA) is 48.6 Å². The van der Waals surface area contributed by atoms with Gasteiger partial charge >= 0.3 is 0 Å². The third kappa shape index (κ3) is 4.35. The van der Waals surface area contributed by atoms with E-state index in [0.717, 1.165) is 44.0 Å². The van der Waals surface area contributed by atoms with Crippen LogP contribution in [0, 0.1) is 0 Å². The first kappa shape index (κ1) is 18.1. The summed E-state index contributed by atoms with van der Waals surface area (Å²) in [5.41, 5.74) is 2.34. The molecule has 0 unspecified atom stereocenters. The number of rotatable bonds is 4. The Balaban J connectivity index is 1.59. The molecule has 5 heteroatoms. The number of benzene rings is 1. The van der Waals surface area contributed by atoms with E-state index in [2.05, 4.69) is 58.1 Å². The van der Waals surface area contributed by atoms with Crippen molar-refractivity contribution >= 4 is 11.5 Å². The van der Waals surface area contributed by atoms with Gasteiger partial charge in [-0.25, -0.2) is 0 Å². The normalized spacial score (nSPS) is 23.4. The van der Waals surface area contributed by atoms with E-state index in [1.54, 1.807) is 6.07 Å². The fourth-order valence-electron chi connectivity index (χ4n) is 4.32. The van der Waals surface area contributed by atoms with E-state index in [0.29, 0.717) is 12.6 Å². The highest BCUT2D eigenvalue weighted by atomic mass is 16.5. The molecule has 0 bridgehead atoms. The molecule has 27 heavy (non-hydrogen) atoms. The maximum absolute atomic E-state index is 12.4. The summed E-state index contributed by atoms with van der Waals surface area (Å²) in [6.45, 7) is 5.46. The maximum atomic E-state index is 12.4. The van der Waals surface area contributed by atoms with E-state index in [9.17, 15) is 4.79 Å². The molecular weight excluding hydrogens is 338 g/mol.